The van der Waals surface area contributed by atoms with E-state index in [9.17, 15) is 0 Å². The van der Waals surface area contributed by atoms with Gasteiger partial charge in [-0.2, -0.15) is 11.8 Å². The molecule has 1 fully saturated rings. The van der Waals surface area contributed by atoms with E-state index in [0.717, 1.165) is 19.6 Å². The zero-order valence-electron chi connectivity index (χ0n) is 10.6. The van der Waals surface area contributed by atoms with E-state index >= 15 is 0 Å². The Labute approximate surface area is 112 Å². The normalized spacial score (nSPS) is 19.1. The fourth-order valence-electron chi connectivity index (χ4n) is 1.97. The van der Waals surface area contributed by atoms with Crippen molar-refractivity contribution in [2.75, 3.05) is 36.0 Å². The lowest BCUT2D eigenvalue weighted by Gasteiger charge is -2.18. The van der Waals surface area contributed by atoms with Crippen LogP contribution >= 0.6 is 23.1 Å². The lowest BCUT2D eigenvalue weighted by atomic mass is 10.3. The second-order valence-electron chi connectivity index (χ2n) is 4.28. The number of thioether (sulfide) groups is 1. The van der Waals surface area contributed by atoms with Crippen LogP contribution in [-0.2, 0) is 0 Å². The summed E-state index contributed by atoms with van der Waals surface area (Å²) < 4.78 is 0. The molecule has 1 saturated heterocycles. The number of nitrogens with one attached hydrogen (secondary N) is 1. The topological polar surface area (TPSA) is 28.2 Å². The van der Waals surface area contributed by atoms with Crippen molar-refractivity contribution in [3.05, 3.63) is 11.1 Å². The zero-order valence-corrected chi connectivity index (χ0v) is 12.2. The molecule has 1 aromatic rings. The number of rotatable bonds is 4. The van der Waals surface area contributed by atoms with Crippen molar-refractivity contribution >= 4 is 28.2 Å². The Balaban J connectivity index is 2.01. The molecule has 0 radical (unpaired) electrons. The van der Waals surface area contributed by atoms with E-state index in [2.05, 4.69) is 40.8 Å². The molecule has 17 heavy (non-hydrogen) atoms. The Bertz CT molecular complexity index is 332. The van der Waals surface area contributed by atoms with Crippen LogP contribution in [0.25, 0.3) is 0 Å². The monoisotopic (exact) mass is 271 g/mol. The van der Waals surface area contributed by atoms with E-state index < -0.39 is 0 Å². The lowest BCUT2D eigenvalue weighted by Crippen LogP contribution is -2.25. The van der Waals surface area contributed by atoms with E-state index in [0.29, 0.717) is 6.04 Å². The van der Waals surface area contributed by atoms with Gasteiger partial charge in [0.1, 0.15) is 0 Å². The standard InChI is InChI=1S/C12H21N3S2/c1-3-13-10(2)11-9-14-12(17-11)15-5-4-7-16-8-6-15/h9-10,13H,3-8H2,1-2H3. The Morgan fingerprint density at radius 3 is 3.18 bits per heavy atom. The van der Waals surface area contributed by atoms with Crippen LogP contribution in [0.2, 0.25) is 0 Å². The van der Waals surface area contributed by atoms with Crippen molar-refractivity contribution < 1.29 is 0 Å². The molecule has 0 aliphatic carbocycles. The Kier molecular flexibility index (Phi) is 5.13. The molecule has 0 bridgehead atoms. The fraction of sp³-hybridized carbons (Fsp3) is 0.750. The summed E-state index contributed by atoms with van der Waals surface area (Å²) >= 11 is 3.90. The van der Waals surface area contributed by atoms with Gasteiger partial charge < -0.3 is 10.2 Å². The molecule has 2 rings (SSSR count). The van der Waals surface area contributed by atoms with Crippen LogP contribution in [0.4, 0.5) is 5.13 Å². The number of anilines is 1. The van der Waals surface area contributed by atoms with E-state index in [4.69, 9.17) is 0 Å². The van der Waals surface area contributed by atoms with Gasteiger partial charge in [-0.15, -0.1) is 11.3 Å². The first-order valence-corrected chi connectivity index (χ1v) is 8.30. The molecule has 2 heterocycles. The average molecular weight is 271 g/mol. The highest BCUT2D eigenvalue weighted by Gasteiger charge is 2.15. The SMILES string of the molecule is CCNC(C)c1cnc(N2CCCSCC2)s1. The molecule has 5 heteroatoms. The number of nitrogens with zero attached hydrogens (tertiary/aromatic N) is 2. The largest absolute Gasteiger partial charge is 0.347 e. The van der Waals surface area contributed by atoms with Gasteiger partial charge >= 0.3 is 0 Å². The highest BCUT2D eigenvalue weighted by molar-refractivity contribution is 7.99. The van der Waals surface area contributed by atoms with Gasteiger partial charge in [0.2, 0.25) is 0 Å². The summed E-state index contributed by atoms with van der Waals surface area (Å²) in [5, 5.41) is 4.64. The van der Waals surface area contributed by atoms with Crippen molar-refractivity contribution in [2.24, 2.45) is 0 Å². The highest BCUT2D eigenvalue weighted by Crippen LogP contribution is 2.28. The summed E-state index contributed by atoms with van der Waals surface area (Å²) in [6.07, 6.45) is 3.31. The van der Waals surface area contributed by atoms with E-state index in [-0.39, 0.29) is 0 Å². The smallest absolute Gasteiger partial charge is 0.185 e. The minimum atomic E-state index is 0.424. The summed E-state index contributed by atoms with van der Waals surface area (Å²) in [6.45, 7) is 7.67. The molecular weight excluding hydrogens is 250 g/mol. The molecule has 3 nitrogen and oxygen atoms in total. The highest BCUT2D eigenvalue weighted by atomic mass is 32.2. The third-order valence-electron chi connectivity index (χ3n) is 2.94. The maximum absolute atomic E-state index is 4.58. The summed E-state index contributed by atoms with van der Waals surface area (Å²) in [5.41, 5.74) is 0. The summed E-state index contributed by atoms with van der Waals surface area (Å²) in [4.78, 5) is 8.36. The van der Waals surface area contributed by atoms with Crippen LogP contribution in [0.1, 0.15) is 31.2 Å². The van der Waals surface area contributed by atoms with Gasteiger partial charge in [-0.3, -0.25) is 0 Å². The molecule has 0 amide bonds. The Morgan fingerprint density at radius 2 is 2.35 bits per heavy atom. The van der Waals surface area contributed by atoms with Crippen LogP contribution in [0.15, 0.2) is 6.20 Å². The molecule has 1 N–H and O–H groups in total. The molecule has 1 atom stereocenters. The molecular formula is C12H21N3S2. The first-order valence-electron chi connectivity index (χ1n) is 6.33. The lowest BCUT2D eigenvalue weighted by molar-refractivity contribution is 0.606. The maximum atomic E-state index is 4.58. The predicted molar refractivity (Wildman–Crippen MR) is 78.4 cm³/mol. The zero-order chi connectivity index (χ0) is 12.1. The predicted octanol–water partition coefficient (Wildman–Crippen LogP) is 2.76. The molecule has 0 saturated carbocycles. The van der Waals surface area contributed by atoms with Gasteiger partial charge in [-0.05, 0) is 25.6 Å². The Hall–Kier alpha value is -0.260. The van der Waals surface area contributed by atoms with E-state index in [1.165, 1.54) is 27.9 Å². The third-order valence-corrected chi connectivity index (χ3v) is 5.23. The molecule has 1 aliphatic heterocycles. The quantitative estimate of drug-likeness (QED) is 0.911. The van der Waals surface area contributed by atoms with E-state index in [1.807, 2.05) is 17.5 Å². The van der Waals surface area contributed by atoms with Gasteiger partial charge in [-0.25, -0.2) is 4.98 Å². The van der Waals surface area contributed by atoms with Gasteiger partial charge in [0, 0.05) is 36.0 Å². The van der Waals surface area contributed by atoms with E-state index in [1.54, 1.807) is 0 Å². The number of hydrogen-bond acceptors (Lipinski definition) is 5. The number of hydrogen-bond donors (Lipinski definition) is 1. The first kappa shape index (κ1) is 13.2. The van der Waals surface area contributed by atoms with Gasteiger partial charge in [-0.1, -0.05) is 6.92 Å². The van der Waals surface area contributed by atoms with Crippen LogP contribution in [0.5, 0.6) is 0 Å². The molecule has 1 unspecified atom stereocenters. The van der Waals surface area contributed by atoms with Crippen molar-refractivity contribution in [1.82, 2.24) is 10.3 Å². The van der Waals surface area contributed by atoms with Crippen molar-refractivity contribution in [3.63, 3.8) is 0 Å². The summed E-state index contributed by atoms with van der Waals surface area (Å²) in [7, 11) is 0. The maximum Gasteiger partial charge on any atom is 0.185 e. The second-order valence-corrected chi connectivity index (χ2v) is 6.54. The van der Waals surface area contributed by atoms with Gasteiger partial charge in [0.15, 0.2) is 5.13 Å². The number of aromatic nitrogens is 1. The molecule has 96 valence electrons. The Morgan fingerprint density at radius 1 is 1.47 bits per heavy atom. The van der Waals surface area contributed by atoms with Crippen LogP contribution in [0, 0.1) is 0 Å². The molecule has 1 aliphatic rings. The summed E-state index contributed by atoms with van der Waals surface area (Å²) in [5.74, 6) is 2.53. The number of thiazole rings is 1. The minimum absolute atomic E-state index is 0.424. The van der Waals surface area contributed by atoms with Crippen molar-refractivity contribution in [3.8, 4) is 0 Å². The van der Waals surface area contributed by atoms with Crippen molar-refractivity contribution in [2.45, 2.75) is 26.3 Å². The van der Waals surface area contributed by atoms with Crippen LogP contribution in [0.3, 0.4) is 0 Å². The molecule has 1 aromatic heterocycles. The molecule has 0 spiro atoms. The van der Waals surface area contributed by atoms with Gasteiger partial charge in [0.25, 0.3) is 0 Å². The van der Waals surface area contributed by atoms with Crippen molar-refractivity contribution in [1.29, 1.82) is 0 Å². The third kappa shape index (κ3) is 3.60. The summed E-state index contributed by atoms with van der Waals surface area (Å²) in [6, 6.07) is 0.424. The average Bonchev–Trinajstić information content (AvgIpc) is 2.66. The molecule has 0 aromatic carbocycles. The first-order chi connectivity index (χ1) is 8.31. The fourth-order valence-corrected chi connectivity index (χ4v) is 3.85. The second kappa shape index (κ2) is 6.61. The van der Waals surface area contributed by atoms with Gasteiger partial charge in [0.05, 0.1) is 0 Å². The van der Waals surface area contributed by atoms with Crippen LogP contribution in [-0.4, -0.2) is 36.1 Å². The minimum Gasteiger partial charge on any atom is -0.347 e. The van der Waals surface area contributed by atoms with Crippen LogP contribution < -0.4 is 10.2 Å².